The molecule has 28 heavy (non-hydrogen) atoms. The molecule has 0 saturated heterocycles. The first-order chi connectivity index (χ1) is 13.3. The van der Waals surface area contributed by atoms with Gasteiger partial charge in [-0.3, -0.25) is 14.4 Å². The number of aromatic nitrogens is 2. The highest BCUT2D eigenvalue weighted by Crippen LogP contribution is 2.28. The molecule has 7 nitrogen and oxygen atoms in total. The lowest BCUT2D eigenvalue weighted by molar-refractivity contribution is 0.102. The van der Waals surface area contributed by atoms with Crippen molar-refractivity contribution in [2.45, 2.75) is 18.2 Å². The molecule has 2 aromatic carbocycles. The Balaban J connectivity index is 1.84. The van der Waals surface area contributed by atoms with Gasteiger partial charge in [0.05, 0.1) is 16.3 Å². The molecule has 3 aromatic rings. The molecular formula is C18H17ClN4O3S2. The van der Waals surface area contributed by atoms with Crippen molar-refractivity contribution in [2.75, 3.05) is 16.2 Å². The van der Waals surface area contributed by atoms with Gasteiger partial charge < -0.3 is 0 Å². The molecule has 3 rings (SSSR count). The van der Waals surface area contributed by atoms with E-state index in [9.17, 15) is 13.2 Å². The molecule has 0 radical (unpaired) electrons. The number of carbonyl (C=O) groups is 1. The number of sulfonamides is 1. The summed E-state index contributed by atoms with van der Waals surface area (Å²) in [5.41, 5.74) is 1.82. The molecule has 0 fully saturated rings. The van der Waals surface area contributed by atoms with Crippen LogP contribution in [0.4, 0.5) is 10.8 Å². The first kappa shape index (κ1) is 20.2. The van der Waals surface area contributed by atoms with Gasteiger partial charge in [-0.05, 0) is 38.1 Å². The second kappa shape index (κ2) is 8.26. The lowest BCUT2D eigenvalue weighted by atomic mass is 10.2. The predicted molar refractivity (Wildman–Crippen MR) is 111 cm³/mol. The van der Waals surface area contributed by atoms with Gasteiger partial charge in [0.15, 0.2) is 0 Å². The lowest BCUT2D eigenvalue weighted by Gasteiger charge is -2.21. The van der Waals surface area contributed by atoms with E-state index in [1.165, 1.54) is 4.31 Å². The van der Waals surface area contributed by atoms with Crippen molar-refractivity contribution >= 4 is 49.7 Å². The van der Waals surface area contributed by atoms with Crippen LogP contribution in [0.3, 0.4) is 0 Å². The summed E-state index contributed by atoms with van der Waals surface area (Å²) in [4.78, 5) is 12.3. The van der Waals surface area contributed by atoms with Crippen LogP contribution in [0.15, 0.2) is 52.9 Å². The first-order valence-corrected chi connectivity index (χ1v) is 10.9. The highest BCUT2D eigenvalue weighted by atomic mass is 35.5. The van der Waals surface area contributed by atoms with Gasteiger partial charge in [-0.2, -0.15) is 8.42 Å². The van der Waals surface area contributed by atoms with Crippen LogP contribution in [-0.2, 0) is 10.0 Å². The normalized spacial score (nSPS) is 11.2. The van der Waals surface area contributed by atoms with E-state index < -0.39 is 15.9 Å². The Labute approximate surface area is 172 Å². The second-order valence-electron chi connectivity index (χ2n) is 5.81. The summed E-state index contributed by atoms with van der Waals surface area (Å²) < 4.78 is 27.0. The molecule has 0 saturated carbocycles. The number of nitrogens with one attached hydrogen (secondary N) is 1. The quantitative estimate of drug-likeness (QED) is 0.590. The van der Waals surface area contributed by atoms with E-state index in [1.54, 1.807) is 43.3 Å². The third-order valence-electron chi connectivity index (χ3n) is 3.87. The predicted octanol–water partition coefficient (Wildman–Crippen LogP) is 3.97. The Morgan fingerprint density at radius 1 is 1.14 bits per heavy atom. The summed E-state index contributed by atoms with van der Waals surface area (Å²) in [5.74, 6) is -0.489. The summed E-state index contributed by atoms with van der Waals surface area (Å²) in [6.45, 7) is 3.89. The molecule has 0 aliphatic heterocycles. The topological polar surface area (TPSA) is 92.3 Å². The van der Waals surface area contributed by atoms with Crippen molar-refractivity contribution in [3.05, 3.63) is 64.7 Å². The number of halogens is 1. The maximum atomic E-state index is 13.0. The molecule has 0 atom stereocenters. The molecule has 0 bridgehead atoms. The van der Waals surface area contributed by atoms with Gasteiger partial charge in [0.25, 0.3) is 20.3 Å². The molecule has 0 aliphatic rings. The minimum Gasteiger partial charge on any atom is -0.296 e. The lowest BCUT2D eigenvalue weighted by Crippen LogP contribution is -2.30. The number of hydrogen-bond acceptors (Lipinski definition) is 6. The minimum atomic E-state index is -3.90. The van der Waals surface area contributed by atoms with Gasteiger partial charge >= 0.3 is 0 Å². The highest BCUT2D eigenvalue weighted by Gasteiger charge is 2.28. The SMILES string of the molecule is CCN(c1ccc(C)cc1)S(=O)(=O)c1nnc(NC(=O)c2ccccc2Cl)s1. The maximum absolute atomic E-state index is 13.0. The number of carbonyl (C=O) groups excluding carboxylic acids is 1. The van der Waals surface area contributed by atoms with Crippen LogP contribution < -0.4 is 9.62 Å². The van der Waals surface area contributed by atoms with Crippen LogP contribution in [0.2, 0.25) is 5.02 Å². The van der Waals surface area contributed by atoms with Gasteiger partial charge in [0.1, 0.15) is 0 Å². The summed E-state index contributed by atoms with van der Waals surface area (Å²) >= 11 is 6.79. The van der Waals surface area contributed by atoms with Crippen molar-refractivity contribution in [3.63, 3.8) is 0 Å². The van der Waals surface area contributed by atoms with Crippen LogP contribution in [0.5, 0.6) is 0 Å². The van der Waals surface area contributed by atoms with Crippen LogP contribution in [0, 0.1) is 6.92 Å². The number of nitrogens with zero attached hydrogens (tertiary/aromatic N) is 3. The summed E-state index contributed by atoms with van der Waals surface area (Å²) in [7, 11) is -3.90. The van der Waals surface area contributed by atoms with E-state index in [2.05, 4.69) is 15.5 Å². The van der Waals surface area contributed by atoms with Gasteiger partial charge in [0, 0.05) is 6.54 Å². The zero-order valence-electron chi connectivity index (χ0n) is 15.1. The average Bonchev–Trinajstić information content (AvgIpc) is 3.13. The molecule has 1 aromatic heterocycles. The summed E-state index contributed by atoms with van der Waals surface area (Å²) in [5, 5.41) is 10.4. The van der Waals surface area contributed by atoms with Gasteiger partial charge in [-0.1, -0.05) is 52.8 Å². The number of hydrogen-bond donors (Lipinski definition) is 1. The van der Waals surface area contributed by atoms with Gasteiger partial charge in [-0.15, -0.1) is 10.2 Å². The van der Waals surface area contributed by atoms with Crippen LogP contribution in [0.1, 0.15) is 22.8 Å². The molecule has 10 heteroatoms. The van der Waals surface area contributed by atoms with Crippen molar-refractivity contribution < 1.29 is 13.2 Å². The molecule has 1 amide bonds. The summed E-state index contributed by atoms with van der Waals surface area (Å²) in [6.07, 6.45) is 0. The fourth-order valence-electron chi connectivity index (χ4n) is 2.47. The van der Waals surface area contributed by atoms with Gasteiger partial charge in [-0.25, -0.2) is 0 Å². The Hall–Kier alpha value is -2.49. The molecular weight excluding hydrogens is 420 g/mol. The van der Waals surface area contributed by atoms with Crippen molar-refractivity contribution in [1.82, 2.24) is 10.2 Å². The van der Waals surface area contributed by atoms with E-state index >= 15 is 0 Å². The van der Waals surface area contributed by atoms with Crippen molar-refractivity contribution in [3.8, 4) is 0 Å². The Morgan fingerprint density at radius 2 is 1.82 bits per heavy atom. The minimum absolute atomic E-state index is 0.0726. The third kappa shape index (κ3) is 4.16. The van der Waals surface area contributed by atoms with E-state index in [1.807, 2.05) is 19.1 Å². The molecule has 0 unspecified atom stereocenters. The standard InChI is InChI=1S/C18H17ClN4O3S2/c1-3-23(13-10-8-12(2)9-11-13)28(25,26)18-22-21-17(27-18)20-16(24)14-6-4-5-7-15(14)19/h4-11H,3H2,1-2H3,(H,20,21,24). The van der Waals surface area contributed by atoms with Gasteiger partial charge in [0.2, 0.25) is 5.13 Å². The Kier molecular flexibility index (Phi) is 5.97. The fourth-order valence-corrected chi connectivity index (χ4v) is 5.16. The molecule has 146 valence electrons. The number of aryl methyl sites for hydroxylation is 1. The molecule has 0 aliphatic carbocycles. The number of anilines is 2. The Morgan fingerprint density at radius 3 is 2.46 bits per heavy atom. The third-order valence-corrected chi connectivity index (χ3v) is 7.28. The average molecular weight is 437 g/mol. The molecule has 0 spiro atoms. The largest absolute Gasteiger partial charge is 0.296 e. The number of rotatable bonds is 6. The molecule has 1 heterocycles. The summed E-state index contributed by atoms with van der Waals surface area (Å²) in [6, 6.07) is 13.7. The first-order valence-electron chi connectivity index (χ1n) is 8.31. The van der Waals surface area contributed by atoms with Crippen molar-refractivity contribution in [2.24, 2.45) is 0 Å². The zero-order valence-corrected chi connectivity index (χ0v) is 17.5. The number of benzene rings is 2. The van der Waals surface area contributed by atoms with Crippen molar-refractivity contribution in [1.29, 1.82) is 0 Å². The van der Waals surface area contributed by atoms with Crippen LogP contribution in [-0.4, -0.2) is 31.1 Å². The van der Waals surface area contributed by atoms with E-state index in [4.69, 9.17) is 11.6 Å². The van der Waals surface area contributed by atoms with E-state index in [0.717, 1.165) is 16.9 Å². The van der Waals surface area contributed by atoms with E-state index in [0.29, 0.717) is 5.69 Å². The fraction of sp³-hybridized carbons (Fsp3) is 0.167. The van der Waals surface area contributed by atoms with Crippen LogP contribution >= 0.6 is 22.9 Å². The van der Waals surface area contributed by atoms with Crippen LogP contribution in [0.25, 0.3) is 0 Å². The maximum Gasteiger partial charge on any atom is 0.293 e. The highest BCUT2D eigenvalue weighted by molar-refractivity contribution is 7.94. The van der Waals surface area contributed by atoms with E-state index in [-0.39, 0.29) is 26.6 Å². The smallest absolute Gasteiger partial charge is 0.293 e. The monoisotopic (exact) mass is 436 g/mol. The second-order valence-corrected chi connectivity index (χ2v) is 9.23. The molecule has 1 N–H and O–H groups in total. The zero-order chi connectivity index (χ0) is 20.3. The Bertz CT molecular complexity index is 1100. The number of amides is 1.